The molecule has 1 aliphatic carbocycles. The number of benzene rings is 1. The van der Waals surface area contributed by atoms with Gasteiger partial charge in [0.25, 0.3) is 0 Å². The van der Waals surface area contributed by atoms with Crippen LogP contribution in [0.2, 0.25) is 0 Å². The van der Waals surface area contributed by atoms with Crippen molar-refractivity contribution in [1.82, 2.24) is 9.80 Å². The van der Waals surface area contributed by atoms with E-state index in [1.54, 1.807) is 15.9 Å². The summed E-state index contributed by atoms with van der Waals surface area (Å²) in [7, 11) is 0. The summed E-state index contributed by atoms with van der Waals surface area (Å²) >= 11 is 0. The third-order valence-corrected chi connectivity index (χ3v) is 5.00. The van der Waals surface area contributed by atoms with E-state index in [1.807, 2.05) is 30.3 Å². The Bertz CT molecular complexity index is 668. The van der Waals surface area contributed by atoms with Crippen LogP contribution in [0.4, 0.5) is 4.79 Å². The van der Waals surface area contributed by atoms with Gasteiger partial charge in [0, 0.05) is 32.3 Å². The van der Waals surface area contributed by atoms with E-state index < -0.39 is 6.03 Å². The molecule has 0 atom stereocenters. The van der Waals surface area contributed by atoms with E-state index in [4.69, 9.17) is 10.5 Å². The number of rotatable bonds is 4. The van der Waals surface area contributed by atoms with Crippen molar-refractivity contribution in [3.8, 4) is 5.75 Å². The second-order valence-electron chi connectivity index (χ2n) is 6.93. The van der Waals surface area contributed by atoms with Crippen molar-refractivity contribution >= 4 is 18.0 Å². The van der Waals surface area contributed by atoms with Gasteiger partial charge in [0.1, 0.15) is 5.75 Å². The van der Waals surface area contributed by atoms with Crippen LogP contribution in [-0.4, -0.2) is 54.0 Å². The van der Waals surface area contributed by atoms with Gasteiger partial charge < -0.3 is 20.3 Å². The zero-order valence-electron chi connectivity index (χ0n) is 15.1. The molecule has 1 aromatic carbocycles. The topological polar surface area (TPSA) is 75.9 Å². The minimum atomic E-state index is -0.422. The van der Waals surface area contributed by atoms with Crippen molar-refractivity contribution in [3.05, 3.63) is 35.9 Å². The summed E-state index contributed by atoms with van der Waals surface area (Å²) in [5, 5.41) is 0. The molecule has 0 spiro atoms. The van der Waals surface area contributed by atoms with E-state index in [1.165, 1.54) is 12.8 Å². The average molecular weight is 357 g/mol. The molecule has 0 bridgehead atoms. The van der Waals surface area contributed by atoms with Crippen LogP contribution in [0.25, 0.3) is 6.08 Å². The van der Waals surface area contributed by atoms with Gasteiger partial charge in [-0.15, -0.1) is 0 Å². The van der Waals surface area contributed by atoms with E-state index in [9.17, 15) is 9.59 Å². The van der Waals surface area contributed by atoms with Gasteiger partial charge in [-0.05, 0) is 55.9 Å². The Hall–Kier alpha value is -2.50. The van der Waals surface area contributed by atoms with Crippen LogP contribution in [0.15, 0.2) is 30.3 Å². The van der Waals surface area contributed by atoms with Crippen molar-refractivity contribution in [3.63, 3.8) is 0 Å². The Kier molecular flexibility index (Phi) is 6.15. The largest absolute Gasteiger partial charge is 0.490 e. The first-order chi connectivity index (χ1) is 12.6. The highest BCUT2D eigenvalue weighted by Gasteiger charge is 2.19. The number of urea groups is 1. The second kappa shape index (κ2) is 8.74. The lowest BCUT2D eigenvalue weighted by molar-refractivity contribution is -0.125. The molecular weight excluding hydrogens is 330 g/mol. The maximum Gasteiger partial charge on any atom is 0.314 e. The standard InChI is InChI=1S/C20H27N3O3/c21-20(25)23-12-4-11-22(13-14-23)19(24)10-9-16-5-3-8-18(15-16)26-17-6-1-2-7-17/h3,5,8-10,15,17H,1-2,4,6-7,11-14H2,(H2,21,25)/b10-9+. The third-order valence-electron chi connectivity index (χ3n) is 5.00. The smallest absolute Gasteiger partial charge is 0.314 e. The molecule has 1 aliphatic heterocycles. The maximum atomic E-state index is 12.4. The van der Waals surface area contributed by atoms with Crippen LogP contribution in [0.3, 0.4) is 0 Å². The average Bonchev–Trinajstić information content (AvgIpc) is 3.00. The third kappa shape index (κ3) is 5.00. The van der Waals surface area contributed by atoms with Gasteiger partial charge >= 0.3 is 6.03 Å². The van der Waals surface area contributed by atoms with Crippen LogP contribution in [0.1, 0.15) is 37.7 Å². The molecule has 3 amide bonds. The molecule has 1 saturated heterocycles. The SMILES string of the molecule is NC(=O)N1CCCN(C(=O)/C=C/c2cccc(OC3CCCC3)c2)CC1. The van der Waals surface area contributed by atoms with E-state index in [0.717, 1.165) is 30.6 Å². The zero-order chi connectivity index (χ0) is 18.4. The number of hydrogen-bond acceptors (Lipinski definition) is 3. The van der Waals surface area contributed by atoms with Crippen LogP contribution >= 0.6 is 0 Å². The summed E-state index contributed by atoms with van der Waals surface area (Å²) in [6.45, 7) is 2.23. The molecule has 6 nitrogen and oxygen atoms in total. The highest BCUT2D eigenvalue weighted by molar-refractivity contribution is 5.91. The number of primary amides is 1. The minimum Gasteiger partial charge on any atom is -0.490 e. The molecule has 2 fully saturated rings. The lowest BCUT2D eigenvalue weighted by atomic mass is 10.2. The van der Waals surface area contributed by atoms with E-state index in [2.05, 4.69) is 0 Å². The van der Waals surface area contributed by atoms with Gasteiger partial charge in [0.05, 0.1) is 6.10 Å². The molecule has 0 unspecified atom stereocenters. The quantitative estimate of drug-likeness (QED) is 0.842. The summed E-state index contributed by atoms with van der Waals surface area (Å²) in [6.07, 6.45) is 9.19. The van der Waals surface area contributed by atoms with Gasteiger partial charge in [-0.25, -0.2) is 4.79 Å². The number of carbonyl (C=O) groups is 2. The summed E-state index contributed by atoms with van der Waals surface area (Å²) in [4.78, 5) is 27.1. The molecular formula is C20H27N3O3. The van der Waals surface area contributed by atoms with Crippen LogP contribution < -0.4 is 10.5 Å². The predicted molar refractivity (Wildman–Crippen MR) is 101 cm³/mol. The summed E-state index contributed by atoms with van der Waals surface area (Å²) in [5.41, 5.74) is 6.27. The molecule has 1 saturated carbocycles. The van der Waals surface area contributed by atoms with E-state index in [-0.39, 0.29) is 5.91 Å². The molecule has 0 radical (unpaired) electrons. The normalized spacial score (nSPS) is 18.9. The lowest BCUT2D eigenvalue weighted by Crippen LogP contribution is -2.39. The van der Waals surface area contributed by atoms with Gasteiger partial charge in [-0.1, -0.05) is 12.1 Å². The Morgan fingerprint density at radius 1 is 1.04 bits per heavy atom. The van der Waals surface area contributed by atoms with Gasteiger partial charge in [0.2, 0.25) is 5.91 Å². The molecule has 6 heteroatoms. The van der Waals surface area contributed by atoms with E-state index >= 15 is 0 Å². The van der Waals surface area contributed by atoms with Crippen molar-refractivity contribution in [2.75, 3.05) is 26.2 Å². The van der Waals surface area contributed by atoms with E-state index in [0.29, 0.717) is 32.3 Å². The van der Waals surface area contributed by atoms with Crippen LogP contribution in [-0.2, 0) is 4.79 Å². The summed E-state index contributed by atoms with van der Waals surface area (Å²) in [5.74, 6) is 0.816. The minimum absolute atomic E-state index is 0.0431. The maximum absolute atomic E-state index is 12.4. The highest BCUT2D eigenvalue weighted by atomic mass is 16.5. The number of nitrogens with zero attached hydrogens (tertiary/aromatic N) is 2. The molecule has 3 rings (SSSR count). The van der Waals surface area contributed by atoms with Gasteiger partial charge in [0.15, 0.2) is 0 Å². The summed E-state index contributed by atoms with van der Waals surface area (Å²) < 4.78 is 6.01. The number of carbonyl (C=O) groups excluding carboxylic acids is 2. The summed E-state index contributed by atoms with van der Waals surface area (Å²) in [6, 6.07) is 7.42. The first-order valence-electron chi connectivity index (χ1n) is 9.40. The van der Waals surface area contributed by atoms with Crippen LogP contribution in [0, 0.1) is 0 Å². The first kappa shape index (κ1) is 18.3. The Labute approximate surface area is 154 Å². The number of hydrogen-bond donors (Lipinski definition) is 1. The predicted octanol–water partition coefficient (Wildman–Crippen LogP) is 2.63. The molecule has 1 heterocycles. The fraction of sp³-hybridized carbons (Fsp3) is 0.500. The van der Waals surface area contributed by atoms with Crippen molar-refractivity contribution in [2.45, 2.75) is 38.2 Å². The number of nitrogens with two attached hydrogens (primary N) is 1. The molecule has 0 aromatic heterocycles. The fourth-order valence-corrected chi connectivity index (χ4v) is 3.52. The Morgan fingerprint density at radius 3 is 2.54 bits per heavy atom. The fourth-order valence-electron chi connectivity index (χ4n) is 3.52. The van der Waals surface area contributed by atoms with Crippen molar-refractivity contribution in [1.29, 1.82) is 0 Å². The van der Waals surface area contributed by atoms with Crippen molar-refractivity contribution < 1.29 is 14.3 Å². The Morgan fingerprint density at radius 2 is 1.77 bits per heavy atom. The second-order valence-corrected chi connectivity index (χ2v) is 6.93. The molecule has 26 heavy (non-hydrogen) atoms. The van der Waals surface area contributed by atoms with Crippen molar-refractivity contribution in [2.24, 2.45) is 5.73 Å². The monoisotopic (exact) mass is 357 g/mol. The molecule has 140 valence electrons. The molecule has 1 aromatic rings. The zero-order valence-corrected chi connectivity index (χ0v) is 15.1. The highest BCUT2D eigenvalue weighted by Crippen LogP contribution is 2.24. The lowest BCUT2D eigenvalue weighted by Gasteiger charge is -2.19. The number of amides is 3. The van der Waals surface area contributed by atoms with Gasteiger partial charge in [-0.3, -0.25) is 4.79 Å². The Balaban J connectivity index is 1.56. The number of ether oxygens (including phenoxy) is 1. The first-order valence-corrected chi connectivity index (χ1v) is 9.40. The van der Waals surface area contributed by atoms with Gasteiger partial charge in [-0.2, -0.15) is 0 Å². The molecule has 2 N–H and O–H groups in total. The molecule has 2 aliphatic rings. The van der Waals surface area contributed by atoms with Crippen LogP contribution in [0.5, 0.6) is 5.75 Å².